The Morgan fingerprint density at radius 3 is 2.46 bits per heavy atom. The summed E-state index contributed by atoms with van der Waals surface area (Å²) in [5.74, 6) is 1.17. The summed E-state index contributed by atoms with van der Waals surface area (Å²) < 4.78 is 0. The number of carbonyl (C=O) groups excluding carboxylic acids is 2. The van der Waals surface area contributed by atoms with E-state index in [1.807, 2.05) is 32.9 Å². The van der Waals surface area contributed by atoms with Gasteiger partial charge in [-0.3, -0.25) is 9.59 Å². The van der Waals surface area contributed by atoms with Gasteiger partial charge in [0.15, 0.2) is 5.78 Å². The first kappa shape index (κ1) is 21.1. The van der Waals surface area contributed by atoms with Crippen molar-refractivity contribution < 1.29 is 9.59 Å². The molecule has 3 nitrogen and oxygen atoms in total. The van der Waals surface area contributed by atoms with E-state index in [0.29, 0.717) is 29.6 Å². The van der Waals surface area contributed by atoms with Crippen LogP contribution in [-0.2, 0) is 4.79 Å². The van der Waals surface area contributed by atoms with Crippen LogP contribution in [0, 0.1) is 11.3 Å². The van der Waals surface area contributed by atoms with E-state index in [2.05, 4.69) is 4.90 Å². The number of likely N-dealkylation sites (tertiary alicyclic amines) is 1. The van der Waals surface area contributed by atoms with Gasteiger partial charge in [0.1, 0.15) is 5.78 Å². The number of Topliss-reactive ketones (excluding diaryl/α,β-unsaturated/α-hetero) is 2. The van der Waals surface area contributed by atoms with Crippen LogP contribution in [0.2, 0.25) is 5.02 Å². The number of halogens is 1. The highest BCUT2D eigenvalue weighted by atomic mass is 35.5. The molecule has 1 aliphatic heterocycles. The van der Waals surface area contributed by atoms with Crippen molar-refractivity contribution in [3.8, 4) is 0 Å². The van der Waals surface area contributed by atoms with Crippen LogP contribution in [0.3, 0.4) is 0 Å². The third kappa shape index (κ3) is 6.85. The van der Waals surface area contributed by atoms with E-state index >= 15 is 0 Å². The van der Waals surface area contributed by atoms with Crippen LogP contribution in [0.4, 0.5) is 0 Å². The number of piperidine rings is 1. The van der Waals surface area contributed by atoms with Crippen molar-refractivity contribution in [1.82, 2.24) is 4.90 Å². The van der Waals surface area contributed by atoms with Crippen molar-refractivity contribution in [3.63, 3.8) is 0 Å². The monoisotopic (exact) mass is 377 g/mol. The number of nitrogens with zero attached hydrogens (tertiary/aromatic N) is 1. The van der Waals surface area contributed by atoms with Gasteiger partial charge in [0, 0.05) is 28.8 Å². The van der Waals surface area contributed by atoms with E-state index < -0.39 is 0 Å². The van der Waals surface area contributed by atoms with Gasteiger partial charge in [-0.1, -0.05) is 44.5 Å². The summed E-state index contributed by atoms with van der Waals surface area (Å²) in [6.07, 6.45) is 5.49. The molecular weight excluding hydrogens is 346 g/mol. The molecule has 0 aromatic heterocycles. The molecule has 0 N–H and O–H groups in total. The van der Waals surface area contributed by atoms with Crippen LogP contribution in [0.1, 0.15) is 69.7 Å². The molecule has 0 amide bonds. The summed E-state index contributed by atoms with van der Waals surface area (Å²) in [7, 11) is 0. The maximum atomic E-state index is 12.3. The quantitative estimate of drug-likeness (QED) is 0.568. The van der Waals surface area contributed by atoms with Crippen LogP contribution in [-0.4, -0.2) is 36.1 Å². The second-order valence-corrected chi connectivity index (χ2v) is 8.97. The third-order valence-corrected chi connectivity index (χ3v) is 5.58. The lowest BCUT2D eigenvalue weighted by Crippen LogP contribution is -2.35. The summed E-state index contributed by atoms with van der Waals surface area (Å²) >= 11 is 5.96. The average Bonchev–Trinajstić information content (AvgIpc) is 2.60. The summed E-state index contributed by atoms with van der Waals surface area (Å²) in [6, 6.07) is 7.22. The molecule has 0 unspecified atom stereocenters. The highest BCUT2D eigenvalue weighted by Crippen LogP contribution is 2.24. The van der Waals surface area contributed by atoms with E-state index in [4.69, 9.17) is 11.6 Å². The maximum absolute atomic E-state index is 12.3. The largest absolute Gasteiger partial charge is 0.303 e. The lowest BCUT2D eigenvalue weighted by molar-refractivity contribution is -0.126. The summed E-state index contributed by atoms with van der Waals surface area (Å²) in [4.78, 5) is 26.7. The van der Waals surface area contributed by atoms with Crippen LogP contribution in [0.15, 0.2) is 24.3 Å². The molecule has 0 radical (unpaired) electrons. The molecule has 4 heteroatoms. The molecule has 144 valence electrons. The Morgan fingerprint density at radius 1 is 1.15 bits per heavy atom. The molecule has 26 heavy (non-hydrogen) atoms. The highest BCUT2D eigenvalue weighted by Gasteiger charge is 2.22. The lowest BCUT2D eigenvalue weighted by Gasteiger charge is -2.32. The minimum absolute atomic E-state index is 0.190. The molecular formula is C22H32ClNO2. The molecule has 0 saturated carbocycles. The lowest BCUT2D eigenvalue weighted by atomic mass is 9.88. The number of ketones is 2. The SMILES string of the molecule is CC(C)(C)C(=O)CCCN1CCC(CCC(=O)c2cccc(Cl)c2)CC1. The van der Waals surface area contributed by atoms with E-state index in [9.17, 15) is 9.59 Å². The van der Waals surface area contributed by atoms with Crippen LogP contribution < -0.4 is 0 Å². The number of carbonyl (C=O) groups is 2. The molecule has 0 atom stereocenters. The van der Waals surface area contributed by atoms with Crippen molar-refractivity contribution >= 4 is 23.2 Å². The zero-order valence-corrected chi connectivity index (χ0v) is 17.1. The molecule has 1 heterocycles. The molecule has 0 aliphatic carbocycles. The summed E-state index contributed by atoms with van der Waals surface area (Å²) in [5, 5.41) is 0.620. The molecule has 2 rings (SSSR count). The normalized spacial score (nSPS) is 16.6. The molecule has 1 aromatic carbocycles. The number of hydrogen-bond acceptors (Lipinski definition) is 3. The fourth-order valence-corrected chi connectivity index (χ4v) is 3.67. The Bertz CT molecular complexity index is 613. The van der Waals surface area contributed by atoms with Gasteiger partial charge in [-0.25, -0.2) is 0 Å². The van der Waals surface area contributed by atoms with Crippen molar-refractivity contribution in [2.45, 2.75) is 59.3 Å². The first-order chi connectivity index (χ1) is 12.3. The van der Waals surface area contributed by atoms with Crippen LogP contribution in [0.5, 0.6) is 0 Å². The zero-order valence-electron chi connectivity index (χ0n) is 16.4. The topological polar surface area (TPSA) is 37.4 Å². The molecule has 1 aliphatic rings. The first-order valence-corrected chi connectivity index (χ1v) is 10.2. The number of rotatable bonds is 8. The molecule has 1 fully saturated rings. The van der Waals surface area contributed by atoms with E-state index in [0.717, 1.165) is 50.9 Å². The van der Waals surface area contributed by atoms with Crippen molar-refractivity contribution in [3.05, 3.63) is 34.9 Å². The van der Waals surface area contributed by atoms with Gasteiger partial charge in [-0.05, 0) is 63.4 Å². The first-order valence-electron chi connectivity index (χ1n) is 9.80. The second-order valence-electron chi connectivity index (χ2n) is 8.53. The van der Waals surface area contributed by atoms with Crippen LogP contribution in [0.25, 0.3) is 0 Å². The highest BCUT2D eigenvalue weighted by molar-refractivity contribution is 6.31. The smallest absolute Gasteiger partial charge is 0.162 e. The predicted octanol–water partition coefficient (Wildman–Crippen LogP) is 5.41. The summed E-state index contributed by atoms with van der Waals surface area (Å²) in [5.41, 5.74) is 0.501. The second kappa shape index (κ2) is 9.66. The third-order valence-electron chi connectivity index (χ3n) is 5.35. The molecule has 0 spiro atoms. The average molecular weight is 378 g/mol. The Labute approximate surface area is 163 Å². The molecule has 0 bridgehead atoms. The van der Waals surface area contributed by atoms with Crippen molar-refractivity contribution in [2.24, 2.45) is 11.3 Å². The molecule has 1 saturated heterocycles. The van der Waals surface area contributed by atoms with Gasteiger partial charge in [0.25, 0.3) is 0 Å². The van der Waals surface area contributed by atoms with E-state index in [1.165, 1.54) is 0 Å². The minimum atomic E-state index is -0.220. The number of benzene rings is 1. The van der Waals surface area contributed by atoms with E-state index in [1.54, 1.807) is 12.1 Å². The Kier molecular flexibility index (Phi) is 7.85. The van der Waals surface area contributed by atoms with Crippen LogP contribution >= 0.6 is 11.6 Å². The Morgan fingerprint density at radius 2 is 1.85 bits per heavy atom. The number of hydrogen-bond donors (Lipinski definition) is 0. The van der Waals surface area contributed by atoms with Gasteiger partial charge >= 0.3 is 0 Å². The van der Waals surface area contributed by atoms with Gasteiger partial charge in [-0.15, -0.1) is 0 Å². The molecule has 1 aromatic rings. The maximum Gasteiger partial charge on any atom is 0.162 e. The zero-order chi connectivity index (χ0) is 19.2. The van der Waals surface area contributed by atoms with Gasteiger partial charge in [0.2, 0.25) is 0 Å². The minimum Gasteiger partial charge on any atom is -0.303 e. The van der Waals surface area contributed by atoms with Gasteiger partial charge < -0.3 is 4.90 Å². The standard InChI is InChI=1S/C22H32ClNO2/c1-22(2,3)21(26)8-5-13-24-14-11-17(12-15-24)9-10-20(25)18-6-4-7-19(23)16-18/h4,6-7,16-17H,5,8-15H2,1-3H3. The van der Waals surface area contributed by atoms with Gasteiger partial charge in [0.05, 0.1) is 0 Å². The van der Waals surface area contributed by atoms with Gasteiger partial charge in [-0.2, -0.15) is 0 Å². The Hall–Kier alpha value is -1.19. The fraction of sp³-hybridized carbons (Fsp3) is 0.636. The summed E-state index contributed by atoms with van der Waals surface area (Å²) in [6.45, 7) is 9.15. The van der Waals surface area contributed by atoms with E-state index in [-0.39, 0.29) is 11.2 Å². The van der Waals surface area contributed by atoms with Crippen molar-refractivity contribution in [1.29, 1.82) is 0 Å². The van der Waals surface area contributed by atoms with Crippen molar-refractivity contribution in [2.75, 3.05) is 19.6 Å². The predicted molar refractivity (Wildman–Crippen MR) is 108 cm³/mol. The Balaban J connectivity index is 1.64. The fourth-order valence-electron chi connectivity index (χ4n) is 3.48.